The third-order valence-electron chi connectivity index (χ3n) is 2.43. The maximum absolute atomic E-state index is 11.7. The van der Waals surface area contributed by atoms with Gasteiger partial charge >= 0.3 is 0 Å². The predicted molar refractivity (Wildman–Crippen MR) is 75.2 cm³/mol. The van der Waals surface area contributed by atoms with E-state index in [2.05, 4.69) is 17.2 Å². The molecule has 1 heterocycles. The smallest absolute Gasteiger partial charge is 0.291 e. The van der Waals surface area contributed by atoms with Crippen LogP contribution in [0.5, 0.6) is 0 Å². The number of nitrogens with one attached hydrogen (secondary N) is 1. The van der Waals surface area contributed by atoms with Gasteiger partial charge in [-0.1, -0.05) is 32.3 Å². The Balaban J connectivity index is 2.36. The lowest BCUT2D eigenvalue weighted by Gasteiger charge is -2.06. The fourth-order valence-electron chi connectivity index (χ4n) is 1.44. The van der Waals surface area contributed by atoms with E-state index in [0.717, 1.165) is 12.8 Å². The SMILES string of the molecule is CCCCCCN=C(NC(=O)c1cccs1)OC. The molecule has 0 saturated carbocycles. The summed E-state index contributed by atoms with van der Waals surface area (Å²) in [5.74, 6) is -0.167. The second-order valence-corrected chi connectivity index (χ2v) is 4.83. The highest BCUT2D eigenvalue weighted by Gasteiger charge is 2.09. The van der Waals surface area contributed by atoms with Gasteiger partial charge < -0.3 is 4.74 Å². The highest BCUT2D eigenvalue weighted by Crippen LogP contribution is 2.07. The Labute approximate surface area is 112 Å². The predicted octanol–water partition coefficient (Wildman–Crippen LogP) is 3.06. The Morgan fingerprint density at radius 2 is 2.28 bits per heavy atom. The number of rotatable bonds is 6. The first-order valence-electron chi connectivity index (χ1n) is 6.21. The maximum Gasteiger partial charge on any atom is 0.291 e. The molecule has 100 valence electrons. The molecule has 0 unspecified atom stereocenters. The fourth-order valence-corrected chi connectivity index (χ4v) is 2.06. The first kappa shape index (κ1) is 14.7. The molecule has 0 spiro atoms. The van der Waals surface area contributed by atoms with Gasteiger partial charge in [0.15, 0.2) is 0 Å². The van der Waals surface area contributed by atoms with E-state index in [0.29, 0.717) is 17.4 Å². The van der Waals surface area contributed by atoms with Crippen molar-refractivity contribution in [3.05, 3.63) is 22.4 Å². The molecule has 0 aliphatic carbocycles. The van der Waals surface area contributed by atoms with Gasteiger partial charge in [-0.05, 0) is 17.9 Å². The second kappa shape index (κ2) is 8.69. The molecule has 1 N–H and O–H groups in total. The normalized spacial score (nSPS) is 11.3. The summed E-state index contributed by atoms with van der Waals surface area (Å²) in [7, 11) is 1.51. The summed E-state index contributed by atoms with van der Waals surface area (Å²) >= 11 is 1.40. The molecule has 1 rings (SSSR count). The molecule has 18 heavy (non-hydrogen) atoms. The molecule has 1 aromatic rings. The number of ether oxygens (including phenoxy) is 1. The standard InChI is InChI=1S/C13H20N2O2S/c1-3-4-5-6-9-14-13(17-2)15-12(16)11-8-7-10-18-11/h7-8,10H,3-6,9H2,1-2H3,(H,14,15,16). The van der Waals surface area contributed by atoms with Crippen LogP contribution in [0.1, 0.15) is 42.3 Å². The molecule has 0 fully saturated rings. The average Bonchev–Trinajstić information content (AvgIpc) is 2.91. The van der Waals surface area contributed by atoms with Gasteiger partial charge in [-0.15, -0.1) is 11.3 Å². The molecule has 0 saturated heterocycles. The monoisotopic (exact) mass is 268 g/mol. The molecule has 4 nitrogen and oxygen atoms in total. The Morgan fingerprint density at radius 1 is 1.44 bits per heavy atom. The van der Waals surface area contributed by atoms with E-state index in [4.69, 9.17) is 4.74 Å². The van der Waals surface area contributed by atoms with E-state index in [1.165, 1.54) is 31.3 Å². The van der Waals surface area contributed by atoms with Crippen LogP contribution >= 0.6 is 11.3 Å². The fraction of sp³-hybridized carbons (Fsp3) is 0.538. The van der Waals surface area contributed by atoms with Gasteiger partial charge in [0, 0.05) is 6.54 Å². The van der Waals surface area contributed by atoms with Crippen LogP contribution in [-0.2, 0) is 4.74 Å². The molecule has 0 aliphatic heterocycles. The third kappa shape index (κ3) is 5.31. The number of carbonyl (C=O) groups is 1. The number of hydrogen-bond acceptors (Lipinski definition) is 4. The van der Waals surface area contributed by atoms with Crippen LogP contribution in [0.3, 0.4) is 0 Å². The van der Waals surface area contributed by atoms with Crippen LogP contribution in [0.15, 0.2) is 22.5 Å². The van der Waals surface area contributed by atoms with Crippen LogP contribution in [-0.4, -0.2) is 25.6 Å². The van der Waals surface area contributed by atoms with Crippen molar-refractivity contribution >= 4 is 23.3 Å². The van der Waals surface area contributed by atoms with E-state index in [9.17, 15) is 4.79 Å². The summed E-state index contributed by atoms with van der Waals surface area (Å²) in [6.07, 6.45) is 4.61. The molecule has 0 aromatic carbocycles. The number of hydrogen-bond donors (Lipinski definition) is 1. The summed E-state index contributed by atoms with van der Waals surface area (Å²) in [5, 5.41) is 4.52. The molecule has 0 bridgehead atoms. The zero-order chi connectivity index (χ0) is 13.2. The lowest BCUT2D eigenvalue weighted by atomic mass is 10.2. The van der Waals surface area contributed by atoms with E-state index < -0.39 is 0 Å². The van der Waals surface area contributed by atoms with Gasteiger partial charge in [0.25, 0.3) is 11.9 Å². The van der Waals surface area contributed by atoms with Gasteiger partial charge in [-0.2, -0.15) is 0 Å². The molecule has 0 atom stereocenters. The minimum atomic E-state index is -0.167. The summed E-state index contributed by atoms with van der Waals surface area (Å²) in [4.78, 5) is 16.6. The van der Waals surface area contributed by atoms with Gasteiger partial charge in [-0.3, -0.25) is 10.1 Å². The molecule has 0 aliphatic rings. The van der Waals surface area contributed by atoms with E-state index in [1.807, 2.05) is 11.4 Å². The van der Waals surface area contributed by atoms with Gasteiger partial charge in [0.2, 0.25) is 0 Å². The Bertz CT molecular complexity index is 374. The molecule has 1 amide bonds. The van der Waals surface area contributed by atoms with Gasteiger partial charge in [0.05, 0.1) is 12.0 Å². The zero-order valence-corrected chi connectivity index (χ0v) is 11.8. The van der Waals surface area contributed by atoms with Gasteiger partial charge in [-0.25, -0.2) is 4.99 Å². The number of thiophene rings is 1. The average molecular weight is 268 g/mol. The summed E-state index contributed by atoms with van der Waals surface area (Å²) in [6.45, 7) is 2.86. The van der Waals surface area contributed by atoms with Gasteiger partial charge in [0.1, 0.15) is 0 Å². The van der Waals surface area contributed by atoms with Crippen molar-refractivity contribution in [2.75, 3.05) is 13.7 Å². The number of methoxy groups -OCH3 is 1. The summed E-state index contributed by atoms with van der Waals surface area (Å²) in [6, 6.07) is 3.91. The minimum Gasteiger partial charge on any atom is -0.468 e. The van der Waals surface area contributed by atoms with Crippen molar-refractivity contribution in [2.24, 2.45) is 4.99 Å². The lowest BCUT2D eigenvalue weighted by Crippen LogP contribution is -2.31. The lowest BCUT2D eigenvalue weighted by molar-refractivity contribution is 0.0972. The zero-order valence-electron chi connectivity index (χ0n) is 10.9. The number of amides is 1. The highest BCUT2D eigenvalue weighted by molar-refractivity contribution is 7.12. The van der Waals surface area contributed by atoms with Crippen LogP contribution in [0.2, 0.25) is 0 Å². The van der Waals surface area contributed by atoms with E-state index in [1.54, 1.807) is 6.07 Å². The van der Waals surface area contributed by atoms with E-state index >= 15 is 0 Å². The highest BCUT2D eigenvalue weighted by atomic mass is 32.1. The number of amidine groups is 1. The molecule has 5 heteroatoms. The largest absolute Gasteiger partial charge is 0.468 e. The third-order valence-corrected chi connectivity index (χ3v) is 3.29. The molecular formula is C13H20N2O2S. The topological polar surface area (TPSA) is 50.7 Å². The van der Waals surface area contributed by atoms with E-state index in [-0.39, 0.29) is 5.91 Å². The number of unbranched alkanes of at least 4 members (excludes halogenated alkanes) is 3. The van der Waals surface area contributed by atoms with Crippen molar-refractivity contribution in [3.63, 3.8) is 0 Å². The van der Waals surface area contributed by atoms with Crippen LogP contribution in [0.25, 0.3) is 0 Å². The van der Waals surface area contributed by atoms with Crippen molar-refractivity contribution < 1.29 is 9.53 Å². The van der Waals surface area contributed by atoms with Crippen molar-refractivity contribution in [3.8, 4) is 0 Å². The first-order valence-corrected chi connectivity index (χ1v) is 7.09. The quantitative estimate of drug-likeness (QED) is 0.490. The maximum atomic E-state index is 11.7. The molecule has 0 radical (unpaired) electrons. The first-order chi connectivity index (χ1) is 8.77. The molecular weight excluding hydrogens is 248 g/mol. The Kier molecular flexibility index (Phi) is 7.10. The number of carbonyl (C=O) groups excluding carboxylic acids is 1. The Hall–Kier alpha value is -1.36. The van der Waals surface area contributed by atoms with Crippen molar-refractivity contribution in [1.29, 1.82) is 0 Å². The van der Waals surface area contributed by atoms with Crippen molar-refractivity contribution in [1.82, 2.24) is 5.32 Å². The molecule has 1 aromatic heterocycles. The summed E-state index contributed by atoms with van der Waals surface area (Å²) in [5.41, 5.74) is 0. The number of nitrogens with zero attached hydrogens (tertiary/aromatic N) is 1. The van der Waals surface area contributed by atoms with Crippen LogP contribution < -0.4 is 5.32 Å². The second-order valence-electron chi connectivity index (χ2n) is 3.88. The Morgan fingerprint density at radius 3 is 2.89 bits per heavy atom. The van der Waals surface area contributed by atoms with Crippen LogP contribution in [0, 0.1) is 0 Å². The minimum absolute atomic E-state index is 0.167. The number of aliphatic imine (C=N–C) groups is 1. The summed E-state index contributed by atoms with van der Waals surface area (Å²) < 4.78 is 5.05. The van der Waals surface area contributed by atoms with Crippen LogP contribution in [0.4, 0.5) is 0 Å². The van der Waals surface area contributed by atoms with Crippen molar-refractivity contribution in [2.45, 2.75) is 32.6 Å².